The van der Waals surface area contributed by atoms with Crippen LogP contribution in [0.5, 0.6) is 5.75 Å². The summed E-state index contributed by atoms with van der Waals surface area (Å²) >= 11 is 0. The number of hydrogen-bond acceptors (Lipinski definition) is 9. The van der Waals surface area contributed by atoms with Gasteiger partial charge in [0.05, 0.1) is 43.4 Å². The number of fused-ring (bicyclic) bond motifs is 1. The lowest BCUT2D eigenvalue weighted by Gasteiger charge is -2.25. The molecular weight excluding hydrogens is 622 g/mol. The molecule has 2 N–H and O–H groups in total. The van der Waals surface area contributed by atoms with Crippen molar-refractivity contribution in [2.45, 2.75) is 70.8 Å². The normalized spacial score (nSPS) is 15.6. The van der Waals surface area contributed by atoms with E-state index >= 15 is 0 Å². The van der Waals surface area contributed by atoms with Crippen molar-refractivity contribution in [1.82, 2.24) is 14.9 Å². The molecule has 0 radical (unpaired) electrons. The summed E-state index contributed by atoms with van der Waals surface area (Å²) in [5.74, 6) is -0.234. The summed E-state index contributed by atoms with van der Waals surface area (Å²) in [6.07, 6.45) is 1.41. The Labute approximate surface area is 266 Å². The van der Waals surface area contributed by atoms with Gasteiger partial charge in [0.1, 0.15) is 17.1 Å². The molecule has 1 saturated carbocycles. The molecule has 0 atom stereocenters. The first-order valence-corrected chi connectivity index (χ1v) is 17.1. The van der Waals surface area contributed by atoms with Crippen molar-refractivity contribution in [3.05, 3.63) is 64.3 Å². The second-order valence-corrected chi connectivity index (χ2v) is 13.4. The van der Waals surface area contributed by atoms with Crippen LogP contribution >= 0.6 is 7.60 Å². The molecule has 1 fully saturated rings. The van der Waals surface area contributed by atoms with Crippen LogP contribution in [0.15, 0.2) is 36.5 Å². The monoisotopic (exact) mass is 661 g/mol. The lowest BCUT2D eigenvalue weighted by molar-refractivity contribution is -0.137. The summed E-state index contributed by atoms with van der Waals surface area (Å²) in [6, 6.07) is 8.54. The quantitative estimate of drug-likeness (QED) is 0.185. The van der Waals surface area contributed by atoms with Crippen molar-refractivity contribution in [1.29, 1.82) is 0 Å². The van der Waals surface area contributed by atoms with Gasteiger partial charge in [0, 0.05) is 19.8 Å². The predicted octanol–water partition coefficient (Wildman–Crippen LogP) is 8.39. The minimum absolute atomic E-state index is 0.00787. The highest BCUT2D eigenvalue weighted by molar-refractivity contribution is 7.53. The highest BCUT2D eigenvalue weighted by atomic mass is 31.2. The summed E-state index contributed by atoms with van der Waals surface area (Å²) in [7, 11) is -0.261. The Bertz CT molecular complexity index is 1620. The van der Waals surface area contributed by atoms with E-state index in [-0.39, 0.29) is 36.9 Å². The first-order chi connectivity index (χ1) is 22.0. The molecule has 1 aliphatic carbocycles. The van der Waals surface area contributed by atoms with E-state index in [1.54, 1.807) is 50.1 Å². The second kappa shape index (κ2) is 14.0. The fourth-order valence-corrected chi connectivity index (χ4v) is 7.84. The van der Waals surface area contributed by atoms with Gasteiger partial charge in [-0.1, -0.05) is 31.4 Å². The van der Waals surface area contributed by atoms with Gasteiger partial charge in [-0.15, -0.1) is 0 Å². The van der Waals surface area contributed by atoms with Gasteiger partial charge < -0.3 is 29.3 Å². The SMILES string of the molecule is CCOP(=O)(Cc1ccc(Nc2ncc(C(F)(F)F)c(Nc3ccc(C4CCCCC4)c4c3C(=O)N(C)C4)n2)c(OC)c1)OCC. The number of hydrogen-bond donors (Lipinski definition) is 2. The van der Waals surface area contributed by atoms with Crippen LogP contribution < -0.4 is 15.4 Å². The van der Waals surface area contributed by atoms with Crippen LogP contribution in [-0.4, -0.2) is 48.1 Å². The molecule has 0 saturated heterocycles. The molecule has 5 rings (SSSR count). The summed E-state index contributed by atoms with van der Waals surface area (Å²) in [5.41, 5.74) is 2.49. The predicted molar refractivity (Wildman–Crippen MR) is 169 cm³/mol. The van der Waals surface area contributed by atoms with Gasteiger partial charge in [-0.3, -0.25) is 9.36 Å². The topological polar surface area (TPSA) is 115 Å². The number of aromatic nitrogens is 2. The molecule has 1 aromatic heterocycles. The van der Waals surface area contributed by atoms with Gasteiger partial charge in [-0.25, -0.2) is 4.98 Å². The standard InChI is InChI=1S/C32H39F3N5O5P/c1-5-44-46(42,45-6-2)19-20-12-14-25(27(16-20)43-4)38-31-36-17-24(32(33,34)35)29(39-31)37-26-15-13-22(21-10-8-7-9-11-21)23-18-40(3)30(41)28(23)26/h12-17,21H,5-11,18-19H2,1-4H3,(H2,36,37,38,39). The molecule has 10 nitrogen and oxygen atoms in total. The molecule has 0 unspecified atom stereocenters. The van der Waals surface area contributed by atoms with Crippen LogP contribution in [0.3, 0.4) is 0 Å². The molecule has 0 bridgehead atoms. The van der Waals surface area contributed by atoms with E-state index < -0.39 is 25.2 Å². The van der Waals surface area contributed by atoms with Crippen LogP contribution in [0.25, 0.3) is 0 Å². The Morgan fingerprint density at radius 3 is 2.37 bits per heavy atom. The van der Waals surface area contributed by atoms with Crippen molar-refractivity contribution in [2.75, 3.05) is 38.0 Å². The van der Waals surface area contributed by atoms with Gasteiger partial charge in [0.15, 0.2) is 0 Å². The lowest BCUT2D eigenvalue weighted by atomic mass is 9.81. The van der Waals surface area contributed by atoms with Gasteiger partial charge in [0.25, 0.3) is 5.91 Å². The third kappa shape index (κ3) is 7.32. The Balaban J connectivity index is 1.46. The molecule has 2 aliphatic rings. The number of methoxy groups -OCH3 is 1. The van der Waals surface area contributed by atoms with Crippen molar-refractivity contribution in [2.24, 2.45) is 0 Å². The maximum atomic E-state index is 14.2. The number of benzene rings is 2. The van der Waals surface area contributed by atoms with Crippen LogP contribution in [0.4, 0.5) is 36.3 Å². The smallest absolute Gasteiger partial charge is 0.421 e. The molecule has 2 aromatic carbocycles. The Morgan fingerprint density at radius 1 is 1.02 bits per heavy atom. The van der Waals surface area contributed by atoms with Crippen LogP contribution in [0.2, 0.25) is 0 Å². The highest BCUT2D eigenvalue weighted by Gasteiger charge is 2.37. The van der Waals surface area contributed by atoms with Gasteiger partial charge >= 0.3 is 13.8 Å². The summed E-state index contributed by atoms with van der Waals surface area (Å²) < 4.78 is 71.8. The molecule has 1 amide bonds. The van der Waals surface area contributed by atoms with Crippen molar-refractivity contribution in [3.63, 3.8) is 0 Å². The zero-order chi connectivity index (χ0) is 33.1. The van der Waals surface area contributed by atoms with Crippen molar-refractivity contribution >= 4 is 36.6 Å². The Morgan fingerprint density at radius 2 is 1.72 bits per heavy atom. The van der Waals surface area contributed by atoms with Gasteiger partial charge in [0.2, 0.25) is 5.95 Å². The average molecular weight is 662 g/mol. The fourth-order valence-electron chi connectivity index (χ4n) is 6.15. The number of rotatable bonds is 12. The third-order valence-corrected chi connectivity index (χ3v) is 10.3. The summed E-state index contributed by atoms with van der Waals surface area (Å²) in [4.78, 5) is 23.0. The first kappa shape index (κ1) is 33.7. The summed E-state index contributed by atoms with van der Waals surface area (Å²) in [6.45, 7) is 4.28. The van der Waals surface area contributed by atoms with Gasteiger partial charge in [-0.05, 0) is 67.5 Å². The maximum Gasteiger partial charge on any atom is 0.421 e. The molecule has 14 heteroatoms. The van der Waals surface area contributed by atoms with Crippen molar-refractivity contribution < 1.29 is 36.3 Å². The molecule has 0 spiro atoms. The molecule has 3 aromatic rings. The third-order valence-electron chi connectivity index (χ3n) is 8.24. The van der Waals surface area contributed by atoms with E-state index in [0.29, 0.717) is 41.2 Å². The number of ether oxygens (including phenoxy) is 1. The lowest BCUT2D eigenvalue weighted by Crippen LogP contribution is -2.18. The zero-order valence-corrected chi connectivity index (χ0v) is 27.3. The number of halogens is 3. The zero-order valence-electron chi connectivity index (χ0n) is 26.4. The number of nitrogens with zero attached hydrogens (tertiary/aromatic N) is 3. The first-order valence-electron chi connectivity index (χ1n) is 15.4. The summed E-state index contributed by atoms with van der Waals surface area (Å²) in [5, 5.41) is 5.75. The van der Waals surface area contributed by atoms with E-state index in [9.17, 15) is 22.5 Å². The van der Waals surface area contributed by atoms with E-state index in [4.69, 9.17) is 13.8 Å². The Hall–Kier alpha value is -3.67. The van der Waals surface area contributed by atoms with Crippen LogP contribution in [0, 0.1) is 0 Å². The second-order valence-electron chi connectivity index (χ2n) is 11.4. The number of carbonyl (C=O) groups is 1. The molecular formula is C32H39F3N5O5P. The number of nitrogens with one attached hydrogen (secondary N) is 2. The van der Waals surface area contributed by atoms with Crippen molar-refractivity contribution in [3.8, 4) is 5.75 Å². The minimum atomic E-state index is -4.76. The van der Waals surface area contributed by atoms with E-state index in [2.05, 4.69) is 20.6 Å². The maximum absolute atomic E-state index is 14.2. The van der Waals surface area contributed by atoms with Crippen LogP contribution in [-0.2, 0) is 32.5 Å². The minimum Gasteiger partial charge on any atom is -0.495 e. The number of alkyl halides is 3. The van der Waals surface area contributed by atoms with E-state index in [1.165, 1.54) is 13.5 Å². The number of amides is 1. The molecule has 2 heterocycles. The van der Waals surface area contributed by atoms with E-state index in [1.807, 2.05) is 6.07 Å². The van der Waals surface area contributed by atoms with Gasteiger partial charge in [-0.2, -0.15) is 18.2 Å². The molecule has 1 aliphatic heterocycles. The van der Waals surface area contributed by atoms with E-state index in [0.717, 1.165) is 36.8 Å². The molecule has 46 heavy (non-hydrogen) atoms. The largest absolute Gasteiger partial charge is 0.495 e. The Kier molecular flexibility index (Phi) is 10.2. The number of anilines is 4. The fraction of sp³-hybridized carbons (Fsp3) is 0.469. The van der Waals surface area contributed by atoms with Crippen LogP contribution in [0.1, 0.15) is 84.5 Å². The average Bonchev–Trinajstić information content (AvgIpc) is 3.32. The molecule has 248 valence electrons. The number of carbonyl (C=O) groups excluding carboxylic acids is 1. The highest BCUT2D eigenvalue weighted by Crippen LogP contribution is 2.52.